The van der Waals surface area contributed by atoms with Gasteiger partial charge in [-0.25, -0.2) is 4.68 Å². The number of esters is 1. The predicted molar refractivity (Wildman–Crippen MR) is 104 cm³/mol. The molecule has 0 aliphatic heterocycles. The lowest BCUT2D eigenvalue weighted by Gasteiger charge is -2.14. The average molecular weight is 377 g/mol. The van der Waals surface area contributed by atoms with Crippen LogP contribution in [0.4, 0.5) is 0 Å². The first-order valence-corrected chi connectivity index (χ1v) is 9.10. The highest BCUT2D eigenvalue weighted by molar-refractivity contribution is 5.94. The minimum atomic E-state index is -0.426. The van der Waals surface area contributed by atoms with Crippen LogP contribution in [0, 0.1) is 0 Å². The van der Waals surface area contributed by atoms with Crippen molar-refractivity contribution in [2.75, 3.05) is 0 Å². The third kappa shape index (κ3) is 3.24. The monoisotopic (exact) mass is 377 g/mol. The van der Waals surface area contributed by atoms with Crippen molar-refractivity contribution < 1.29 is 9.53 Å². The summed E-state index contributed by atoms with van der Waals surface area (Å²) in [6, 6.07) is 14.5. The molecule has 0 atom stereocenters. The number of fused-ring (bicyclic) bond motifs is 2. The van der Waals surface area contributed by atoms with Crippen LogP contribution in [0.3, 0.4) is 0 Å². The van der Waals surface area contributed by atoms with Gasteiger partial charge in [0.1, 0.15) is 6.54 Å². The standard InChI is InChI=1S/C20H19N5O3/c1-2-11-25-18(21-22-23-25)13-28-19(26)12-24-16-9-5-3-7-14(16)20(27)15-8-4-6-10-17(15)24/h3-10H,2,11-13H2,1H3. The van der Waals surface area contributed by atoms with Crippen LogP contribution in [0.1, 0.15) is 19.2 Å². The molecule has 0 bridgehead atoms. The molecule has 0 unspecified atom stereocenters. The summed E-state index contributed by atoms with van der Waals surface area (Å²) in [6.07, 6.45) is 0.876. The average Bonchev–Trinajstić information content (AvgIpc) is 3.17. The molecule has 2 heterocycles. The zero-order valence-corrected chi connectivity index (χ0v) is 15.4. The number of hydrogen-bond acceptors (Lipinski definition) is 6. The summed E-state index contributed by atoms with van der Waals surface area (Å²) in [4.78, 5) is 25.3. The lowest BCUT2D eigenvalue weighted by Crippen LogP contribution is -2.19. The molecular weight excluding hydrogens is 358 g/mol. The number of ether oxygens (including phenoxy) is 1. The lowest BCUT2D eigenvalue weighted by molar-refractivity contribution is -0.145. The smallest absolute Gasteiger partial charge is 0.326 e. The molecule has 0 N–H and O–H groups in total. The van der Waals surface area contributed by atoms with Crippen molar-refractivity contribution in [2.45, 2.75) is 33.0 Å². The fourth-order valence-electron chi connectivity index (χ4n) is 3.28. The maximum absolute atomic E-state index is 12.8. The van der Waals surface area contributed by atoms with E-state index in [2.05, 4.69) is 15.5 Å². The van der Waals surface area contributed by atoms with Gasteiger partial charge in [-0.3, -0.25) is 9.59 Å². The summed E-state index contributed by atoms with van der Waals surface area (Å²) in [5.74, 6) is 0.0785. The van der Waals surface area contributed by atoms with E-state index >= 15 is 0 Å². The van der Waals surface area contributed by atoms with Crippen molar-refractivity contribution >= 4 is 27.8 Å². The van der Waals surface area contributed by atoms with E-state index < -0.39 is 5.97 Å². The molecule has 2 aromatic carbocycles. The zero-order chi connectivity index (χ0) is 19.5. The van der Waals surface area contributed by atoms with E-state index in [0.29, 0.717) is 34.2 Å². The van der Waals surface area contributed by atoms with Gasteiger partial charge >= 0.3 is 5.97 Å². The minimum Gasteiger partial charge on any atom is -0.456 e. The predicted octanol–water partition coefficient (Wildman–Crippen LogP) is 2.29. The summed E-state index contributed by atoms with van der Waals surface area (Å²) in [5.41, 5.74) is 1.34. The molecule has 0 saturated heterocycles. The molecule has 2 aromatic heterocycles. The van der Waals surface area contributed by atoms with Gasteiger partial charge in [0.25, 0.3) is 0 Å². The first-order chi connectivity index (χ1) is 13.7. The van der Waals surface area contributed by atoms with Crippen LogP contribution in [0.15, 0.2) is 53.3 Å². The number of tetrazole rings is 1. The molecule has 4 rings (SSSR count). The van der Waals surface area contributed by atoms with Crippen molar-refractivity contribution in [2.24, 2.45) is 0 Å². The molecule has 0 saturated carbocycles. The van der Waals surface area contributed by atoms with Gasteiger partial charge in [-0.2, -0.15) is 0 Å². The van der Waals surface area contributed by atoms with Crippen molar-refractivity contribution in [3.63, 3.8) is 0 Å². The Bertz CT molecular complexity index is 1150. The second-order valence-corrected chi connectivity index (χ2v) is 6.43. The van der Waals surface area contributed by atoms with Crippen molar-refractivity contribution in [3.8, 4) is 0 Å². The van der Waals surface area contributed by atoms with Crippen LogP contribution < -0.4 is 5.43 Å². The number of carbonyl (C=O) groups is 1. The number of aryl methyl sites for hydroxylation is 1. The lowest BCUT2D eigenvalue weighted by atomic mass is 10.1. The van der Waals surface area contributed by atoms with Crippen LogP contribution in [-0.2, 0) is 29.2 Å². The van der Waals surface area contributed by atoms with Crippen molar-refractivity contribution in [1.29, 1.82) is 0 Å². The largest absolute Gasteiger partial charge is 0.456 e. The van der Waals surface area contributed by atoms with E-state index in [0.717, 1.165) is 6.42 Å². The van der Waals surface area contributed by atoms with Crippen LogP contribution in [0.25, 0.3) is 21.8 Å². The SMILES string of the molecule is CCCn1nnnc1COC(=O)Cn1c2ccccc2c(=O)c2ccccc21. The van der Waals surface area contributed by atoms with Crippen LogP contribution in [-0.4, -0.2) is 30.7 Å². The number of hydrogen-bond donors (Lipinski definition) is 0. The van der Waals surface area contributed by atoms with Crippen molar-refractivity contribution in [3.05, 3.63) is 64.6 Å². The number of pyridine rings is 1. The van der Waals surface area contributed by atoms with Gasteiger partial charge < -0.3 is 9.30 Å². The van der Waals surface area contributed by atoms with E-state index in [4.69, 9.17) is 4.74 Å². The first-order valence-electron chi connectivity index (χ1n) is 9.10. The molecule has 142 valence electrons. The number of carbonyl (C=O) groups excluding carboxylic acids is 1. The normalized spacial score (nSPS) is 11.2. The topological polar surface area (TPSA) is 91.9 Å². The summed E-state index contributed by atoms with van der Waals surface area (Å²) in [7, 11) is 0. The Balaban J connectivity index is 1.65. The number of para-hydroxylation sites is 2. The fraction of sp³-hybridized carbons (Fsp3) is 0.250. The highest BCUT2D eigenvalue weighted by Crippen LogP contribution is 2.19. The summed E-state index contributed by atoms with van der Waals surface area (Å²) >= 11 is 0. The van der Waals surface area contributed by atoms with Gasteiger partial charge in [0, 0.05) is 17.3 Å². The molecule has 28 heavy (non-hydrogen) atoms. The van der Waals surface area contributed by atoms with Gasteiger partial charge in [0.05, 0.1) is 11.0 Å². The second kappa shape index (κ2) is 7.59. The number of nitrogens with zero attached hydrogens (tertiary/aromatic N) is 5. The van der Waals surface area contributed by atoms with Gasteiger partial charge in [0.2, 0.25) is 0 Å². The molecule has 8 heteroatoms. The van der Waals surface area contributed by atoms with Crippen LogP contribution in [0.2, 0.25) is 0 Å². The first kappa shape index (κ1) is 17.8. The molecule has 0 fully saturated rings. The molecule has 0 radical (unpaired) electrons. The minimum absolute atomic E-state index is 0.00188. The quantitative estimate of drug-likeness (QED) is 0.378. The Hall–Kier alpha value is -3.55. The Kier molecular flexibility index (Phi) is 4.84. The van der Waals surface area contributed by atoms with Crippen LogP contribution in [0.5, 0.6) is 0 Å². The maximum Gasteiger partial charge on any atom is 0.326 e. The molecule has 8 nitrogen and oxygen atoms in total. The molecule has 4 aromatic rings. The van der Waals surface area contributed by atoms with Crippen LogP contribution >= 0.6 is 0 Å². The van der Waals surface area contributed by atoms with Crippen molar-refractivity contribution in [1.82, 2.24) is 24.8 Å². The number of rotatable bonds is 6. The van der Waals surface area contributed by atoms with E-state index in [1.807, 2.05) is 47.9 Å². The highest BCUT2D eigenvalue weighted by Gasteiger charge is 2.15. The third-order valence-electron chi connectivity index (χ3n) is 4.57. The Morgan fingerprint density at radius 2 is 1.68 bits per heavy atom. The summed E-state index contributed by atoms with van der Waals surface area (Å²) in [6.45, 7) is 2.66. The molecule has 0 spiro atoms. The maximum atomic E-state index is 12.8. The molecule has 0 amide bonds. The second-order valence-electron chi connectivity index (χ2n) is 6.43. The van der Waals surface area contributed by atoms with E-state index in [1.54, 1.807) is 16.8 Å². The van der Waals surface area contributed by atoms with Gasteiger partial charge in [-0.1, -0.05) is 31.2 Å². The highest BCUT2D eigenvalue weighted by atomic mass is 16.5. The number of benzene rings is 2. The summed E-state index contributed by atoms with van der Waals surface area (Å²) < 4.78 is 8.84. The molecule has 0 aliphatic carbocycles. The molecular formula is C20H19N5O3. The zero-order valence-electron chi connectivity index (χ0n) is 15.4. The third-order valence-corrected chi connectivity index (χ3v) is 4.57. The van der Waals surface area contributed by atoms with E-state index in [9.17, 15) is 9.59 Å². The van der Waals surface area contributed by atoms with Gasteiger partial charge in [0.15, 0.2) is 17.9 Å². The van der Waals surface area contributed by atoms with E-state index in [1.165, 1.54) is 0 Å². The Morgan fingerprint density at radius 1 is 1.04 bits per heavy atom. The fourth-order valence-corrected chi connectivity index (χ4v) is 3.28. The summed E-state index contributed by atoms with van der Waals surface area (Å²) in [5, 5.41) is 12.6. The molecule has 0 aliphatic rings. The Morgan fingerprint density at radius 3 is 2.32 bits per heavy atom. The number of aromatic nitrogens is 5. The van der Waals surface area contributed by atoms with Gasteiger partial charge in [-0.05, 0) is 41.1 Å². The van der Waals surface area contributed by atoms with Gasteiger partial charge in [-0.15, -0.1) is 5.10 Å². The van der Waals surface area contributed by atoms with E-state index in [-0.39, 0.29) is 18.6 Å². The Labute approximate surface area is 160 Å².